The van der Waals surface area contributed by atoms with E-state index < -0.39 is 8.07 Å². The van der Waals surface area contributed by atoms with Gasteiger partial charge in [0, 0.05) is 0 Å². The summed E-state index contributed by atoms with van der Waals surface area (Å²) in [5.41, 5.74) is 0.625. The summed E-state index contributed by atoms with van der Waals surface area (Å²) < 4.78 is 4.79. The van der Waals surface area contributed by atoms with Crippen LogP contribution in [0.5, 0.6) is 0 Å². The zero-order chi connectivity index (χ0) is 10.8. The van der Waals surface area contributed by atoms with Crippen LogP contribution in [0.1, 0.15) is 12.8 Å². The maximum Gasteiger partial charge on any atom is 0.308 e. The summed E-state index contributed by atoms with van der Waals surface area (Å²) in [7, 11) is 0.325. The highest BCUT2D eigenvalue weighted by molar-refractivity contribution is 6.78. The lowest BCUT2D eigenvalue weighted by Crippen LogP contribution is -2.32. The first-order chi connectivity index (χ1) is 6.45. The van der Waals surface area contributed by atoms with E-state index in [2.05, 4.69) is 31.8 Å². The predicted octanol–water partition coefficient (Wildman–Crippen LogP) is 2.83. The van der Waals surface area contributed by atoms with Gasteiger partial charge in [-0.25, -0.2) is 0 Å². The smallest absolute Gasteiger partial charge is 0.308 e. The second-order valence-electron chi connectivity index (χ2n) is 5.09. The second kappa shape index (κ2) is 4.30. The number of allylic oxidation sites excluding steroid dienone is 2. The molecule has 0 aliphatic heterocycles. The van der Waals surface area contributed by atoms with Crippen molar-refractivity contribution in [3.63, 3.8) is 0 Å². The predicted molar refractivity (Wildman–Crippen MR) is 61.0 cm³/mol. The minimum Gasteiger partial charge on any atom is -0.469 e. The molecule has 0 N–H and O–H groups in total. The third-order valence-corrected chi connectivity index (χ3v) is 5.63. The van der Waals surface area contributed by atoms with E-state index in [1.54, 1.807) is 0 Å². The van der Waals surface area contributed by atoms with E-state index in [0.717, 1.165) is 12.8 Å². The standard InChI is InChI=1S/C11H20O2Si/c1-13-11(12)9-6-5-7-10(8-9)14(2,3)4/h5,7,9-10H,6,8H2,1-4H3/t9-,10-/m0/s1. The van der Waals surface area contributed by atoms with E-state index >= 15 is 0 Å². The number of hydrogen-bond acceptors (Lipinski definition) is 2. The molecule has 0 amide bonds. The Labute approximate surface area is 87.3 Å². The van der Waals surface area contributed by atoms with E-state index in [9.17, 15) is 4.79 Å². The van der Waals surface area contributed by atoms with Gasteiger partial charge in [-0.2, -0.15) is 0 Å². The number of hydrogen-bond donors (Lipinski definition) is 0. The summed E-state index contributed by atoms with van der Waals surface area (Å²) in [4.78, 5) is 11.4. The molecule has 80 valence electrons. The molecule has 2 atom stereocenters. The average molecular weight is 212 g/mol. The zero-order valence-corrected chi connectivity index (χ0v) is 10.5. The maximum absolute atomic E-state index is 11.4. The first kappa shape index (κ1) is 11.5. The van der Waals surface area contributed by atoms with Crippen LogP contribution in [0.3, 0.4) is 0 Å². The van der Waals surface area contributed by atoms with Crippen molar-refractivity contribution in [2.24, 2.45) is 5.92 Å². The molecule has 0 bridgehead atoms. The number of rotatable bonds is 2. The molecule has 14 heavy (non-hydrogen) atoms. The Bertz CT molecular complexity index is 240. The van der Waals surface area contributed by atoms with E-state index in [1.807, 2.05) is 0 Å². The molecule has 0 spiro atoms. The highest BCUT2D eigenvalue weighted by Crippen LogP contribution is 2.35. The van der Waals surface area contributed by atoms with Crippen molar-refractivity contribution in [2.75, 3.05) is 7.11 Å². The summed E-state index contributed by atoms with van der Waals surface area (Å²) in [6.45, 7) is 7.05. The third-order valence-electron chi connectivity index (χ3n) is 2.97. The summed E-state index contributed by atoms with van der Waals surface area (Å²) in [6.07, 6.45) is 6.28. The van der Waals surface area contributed by atoms with Gasteiger partial charge in [0.05, 0.1) is 21.1 Å². The van der Waals surface area contributed by atoms with Gasteiger partial charge in [0.25, 0.3) is 0 Å². The van der Waals surface area contributed by atoms with Crippen molar-refractivity contribution in [3.8, 4) is 0 Å². The van der Waals surface area contributed by atoms with Crippen LogP contribution in [0.2, 0.25) is 25.2 Å². The molecule has 0 fully saturated rings. The fraction of sp³-hybridized carbons (Fsp3) is 0.727. The fourth-order valence-corrected chi connectivity index (χ4v) is 3.59. The Balaban J connectivity index is 2.65. The maximum atomic E-state index is 11.4. The quantitative estimate of drug-likeness (QED) is 0.400. The van der Waals surface area contributed by atoms with E-state index in [0.29, 0.717) is 5.54 Å². The van der Waals surface area contributed by atoms with Crippen LogP contribution < -0.4 is 0 Å². The lowest BCUT2D eigenvalue weighted by Gasteiger charge is -2.31. The largest absolute Gasteiger partial charge is 0.469 e. The van der Waals surface area contributed by atoms with Crippen molar-refractivity contribution >= 4 is 14.0 Å². The van der Waals surface area contributed by atoms with Gasteiger partial charge in [-0.3, -0.25) is 4.79 Å². The molecule has 0 saturated carbocycles. The summed E-state index contributed by atoms with van der Waals surface area (Å²) in [5, 5.41) is 0. The molecule has 0 heterocycles. The molecule has 3 heteroatoms. The van der Waals surface area contributed by atoms with Crippen molar-refractivity contribution in [2.45, 2.75) is 38.0 Å². The van der Waals surface area contributed by atoms with E-state index in [4.69, 9.17) is 4.74 Å². The van der Waals surface area contributed by atoms with Crippen molar-refractivity contribution < 1.29 is 9.53 Å². The minimum atomic E-state index is -1.15. The van der Waals surface area contributed by atoms with Crippen molar-refractivity contribution in [3.05, 3.63) is 12.2 Å². The van der Waals surface area contributed by atoms with Crippen molar-refractivity contribution in [1.29, 1.82) is 0 Å². The number of methoxy groups -OCH3 is 1. The second-order valence-corrected chi connectivity index (χ2v) is 10.6. The Hall–Kier alpha value is -0.573. The Morgan fingerprint density at radius 2 is 2.07 bits per heavy atom. The molecule has 0 saturated heterocycles. The zero-order valence-electron chi connectivity index (χ0n) is 9.54. The monoisotopic (exact) mass is 212 g/mol. The van der Waals surface area contributed by atoms with Gasteiger partial charge < -0.3 is 4.74 Å². The van der Waals surface area contributed by atoms with Gasteiger partial charge in [-0.1, -0.05) is 31.8 Å². The van der Waals surface area contributed by atoms with Gasteiger partial charge in [-0.15, -0.1) is 0 Å². The Morgan fingerprint density at radius 3 is 2.57 bits per heavy atom. The van der Waals surface area contributed by atoms with E-state index in [-0.39, 0.29) is 11.9 Å². The third kappa shape index (κ3) is 2.71. The highest BCUT2D eigenvalue weighted by atomic mass is 28.3. The summed E-state index contributed by atoms with van der Waals surface area (Å²) in [6, 6.07) is 0. The molecule has 0 aromatic carbocycles. The molecule has 0 radical (unpaired) electrons. The number of carbonyl (C=O) groups is 1. The average Bonchev–Trinajstić information content (AvgIpc) is 2.15. The number of ether oxygens (including phenoxy) is 1. The van der Waals surface area contributed by atoms with Crippen LogP contribution in [0.4, 0.5) is 0 Å². The van der Waals surface area contributed by atoms with Crippen molar-refractivity contribution in [1.82, 2.24) is 0 Å². The number of carbonyl (C=O) groups excluding carboxylic acids is 1. The molecule has 2 nitrogen and oxygen atoms in total. The minimum absolute atomic E-state index is 0.0439. The molecule has 0 aromatic heterocycles. The van der Waals surface area contributed by atoms with Gasteiger partial charge in [0.2, 0.25) is 0 Å². The molecule has 1 rings (SSSR count). The van der Waals surface area contributed by atoms with Crippen LogP contribution in [0, 0.1) is 5.92 Å². The highest BCUT2D eigenvalue weighted by Gasteiger charge is 2.32. The first-order valence-corrected chi connectivity index (χ1v) is 8.77. The van der Waals surface area contributed by atoms with Crippen LogP contribution in [0.25, 0.3) is 0 Å². The molecule has 0 aromatic rings. The van der Waals surface area contributed by atoms with Crippen LogP contribution in [0.15, 0.2) is 12.2 Å². The lowest BCUT2D eigenvalue weighted by molar-refractivity contribution is -0.145. The normalized spacial score (nSPS) is 27.4. The molecular weight excluding hydrogens is 192 g/mol. The van der Waals surface area contributed by atoms with Crippen LogP contribution in [-0.2, 0) is 9.53 Å². The molecule has 1 aliphatic rings. The van der Waals surface area contributed by atoms with Gasteiger partial charge in [0.1, 0.15) is 0 Å². The fourth-order valence-electron chi connectivity index (χ4n) is 1.89. The topological polar surface area (TPSA) is 26.3 Å². The SMILES string of the molecule is COC(=O)[C@H]1CC=C[C@H]([Si](C)(C)C)C1. The molecular formula is C11H20O2Si. The van der Waals surface area contributed by atoms with Gasteiger partial charge >= 0.3 is 5.97 Å². The first-order valence-electron chi connectivity index (χ1n) is 5.19. The lowest BCUT2D eigenvalue weighted by atomic mass is 9.94. The van der Waals surface area contributed by atoms with Crippen LogP contribution in [-0.4, -0.2) is 21.2 Å². The van der Waals surface area contributed by atoms with Gasteiger partial charge in [0.15, 0.2) is 0 Å². The van der Waals surface area contributed by atoms with E-state index in [1.165, 1.54) is 7.11 Å². The number of esters is 1. The Morgan fingerprint density at radius 1 is 1.43 bits per heavy atom. The molecule has 0 unspecified atom stereocenters. The summed E-state index contributed by atoms with van der Waals surface area (Å²) >= 11 is 0. The van der Waals surface area contributed by atoms with Gasteiger partial charge in [-0.05, 0) is 18.4 Å². The van der Waals surface area contributed by atoms with Crippen LogP contribution >= 0.6 is 0 Å². The molecule has 1 aliphatic carbocycles. The summed E-state index contributed by atoms with van der Waals surface area (Å²) in [5.74, 6) is 0.0549. The Kier molecular flexibility index (Phi) is 3.53.